The van der Waals surface area contributed by atoms with E-state index >= 15 is 0 Å². The molecule has 1 rings (SSSR count). The summed E-state index contributed by atoms with van der Waals surface area (Å²) in [5, 5.41) is 8.08. The molecule has 110 valence electrons. The van der Waals surface area contributed by atoms with Gasteiger partial charge in [-0.05, 0) is 39.8 Å². The summed E-state index contributed by atoms with van der Waals surface area (Å²) in [5.41, 5.74) is 1.44. The predicted octanol–water partition coefficient (Wildman–Crippen LogP) is 6.30. The van der Waals surface area contributed by atoms with E-state index < -0.39 is 0 Å². The lowest BCUT2D eigenvalue weighted by atomic mass is 10.0. The molecule has 0 aromatic carbocycles. The molecule has 0 bridgehead atoms. The highest BCUT2D eigenvalue weighted by Gasteiger charge is 2.13. The Morgan fingerprint density at radius 1 is 1.05 bits per heavy atom. The Kier molecular flexibility index (Phi) is 9.84. The number of hydrogen-bond acceptors (Lipinski definition) is 2. The molecule has 0 aliphatic heterocycles. The van der Waals surface area contributed by atoms with Crippen LogP contribution in [0.5, 0.6) is 0 Å². The van der Waals surface area contributed by atoms with Crippen molar-refractivity contribution in [3.8, 4) is 0 Å². The Balaban J connectivity index is 2.22. The molecule has 1 aromatic rings. The largest absolute Gasteiger partial charge is 0.310 e. The second-order valence-corrected chi connectivity index (χ2v) is 6.79. The summed E-state index contributed by atoms with van der Waals surface area (Å²) in [4.78, 5) is 0. The summed E-state index contributed by atoms with van der Waals surface area (Å²) in [6, 6.07) is 0.529. The normalized spacial score (nSPS) is 12.8. The number of halogens is 1. The first kappa shape index (κ1) is 17.2. The third-order valence-corrected chi connectivity index (χ3v) is 5.32. The maximum absolute atomic E-state index is 3.66. The van der Waals surface area contributed by atoms with Crippen LogP contribution in [0.3, 0.4) is 0 Å². The van der Waals surface area contributed by atoms with Crippen molar-refractivity contribution < 1.29 is 0 Å². The van der Waals surface area contributed by atoms with E-state index in [1.54, 1.807) is 11.3 Å². The number of thiophene rings is 1. The van der Waals surface area contributed by atoms with E-state index in [0.717, 1.165) is 6.54 Å². The van der Waals surface area contributed by atoms with Crippen LogP contribution in [0.15, 0.2) is 15.2 Å². The number of nitrogens with one attached hydrogen (secondary N) is 1. The summed E-state index contributed by atoms with van der Waals surface area (Å²) >= 11 is 5.44. The number of unbranched alkanes of at least 4 members (excludes halogenated alkanes) is 6. The average Bonchev–Trinajstić information content (AvgIpc) is 2.82. The van der Waals surface area contributed by atoms with Crippen LogP contribution >= 0.6 is 27.3 Å². The molecule has 0 saturated carbocycles. The van der Waals surface area contributed by atoms with Gasteiger partial charge in [-0.15, -0.1) is 0 Å². The molecule has 0 aliphatic rings. The minimum absolute atomic E-state index is 0.529. The second-order valence-electron chi connectivity index (χ2n) is 5.20. The fourth-order valence-corrected chi connectivity index (χ4v) is 4.09. The van der Waals surface area contributed by atoms with E-state index in [1.807, 2.05) is 0 Å². The molecule has 19 heavy (non-hydrogen) atoms. The molecule has 1 aromatic heterocycles. The summed E-state index contributed by atoms with van der Waals surface area (Å²) in [5.74, 6) is 0. The van der Waals surface area contributed by atoms with Crippen LogP contribution in [0, 0.1) is 0 Å². The highest BCUT2D eigenvalue weighted by atomic mass is 79.9. The van der Waals surface area contributed by atoms with Gasteiger partial charge in [0.25, 0.3) is 0 Å². The third-order valence-electron chi connectivity index (χ3n) is 3.56. The van der Waals surface area contributed by atoms with E-state index in [0.29, 0.717) is 6.04 Å². The van der Waals surface area contributed by atoms with Crippen molar-refractivity contribution >= 4 is 27.3 Å². The Labute approximate surface area is 131 Å². The zero-order valence-corrected chi connectivity index (χ0v) is 14.8. The van der Waals surface area contributed by atoms with Gasteiger partial charge in [0.1, 0.15) is 0 Å². The molecule has 1 atom stereocenters. The van der Waals surface area contributed by atoms with Gasteiger partial charge in [0, 0.05) is 15.9 Å². The minimum atomic E-state index is 0.529. The van der Waals surface area contributed by atoms with E-state index in [4.69, 9.17) is 0 Å². The van der Waals surface area contributed by atoms with E-state index in [9.17, 15) is 0 Å². The molecule has 1 heterocycles. The van der Waals surface area contributed by atoms with Crippen LogP contribution in [0.2, 0.25) is 0 Å². The summed E-state index contributed by atoms with van der Waals surface area (Å²) in [6.07, 6.45) is 11.0. The fourth-order valence-electron chi connectivity index (χ4n) is 2.46. The van der Waals surface area contributed by atoms with Gasteiger partial charge in [-0.1, -0.05) is 58.8 Å². The van der Waals surface area contributed by atoms with Gasteiger partial charge in [0.2, 0.25) is 0 Å². The molecule has 0 amide bonds. The number of rotatable bonds is 11. The average molecular weight is 346 g/mol. The number of hydrogen-bond donors (Lipinski definition) is 1. The monoisotopic (exact) mass is 345 g/mol. The standard InChI is InChI=1S/C16H28BrNS/c1-3-5-6-7-8-9-10-11-16(18-4-2)14-12-19-13-15(14)17/h12-13,16,18H,3-11H2,1-2H3. The predicted molar refractivity (Wildman–Crippen MR) is 91.0 cm³/mol. The van der Waals surface area contributed by atoms with Crippen molar-refractivity contribution in [2.75, 3.05) is 6.54 Å². The lowest BCUT2D eigenvalue weighted by Crippen LogP contribution is -2.20. The van der Waals surface area contributed by atoms with Gasteiger partial charge in [-0.2, -0.15) is 11.3 Å². The van der Waals surface area contributed by atoms with Crippen molar-refractivity contribution in [2.24, 2.45) is 0 Å². The van der Waals surface area contributed by atoms with Crippen molar-refractivity contribution in [3.63, 3.8) is 0 Å². The molecule has 3 heteroatoms. The molecule has 1 nitrogen and oxygen atoms in total. The van der Waals surface area contributed by atoms with Gasteiger partial charge in [0.15, 0.2) is 0 Å². The molecular formula is C16H28BrNS. The molecule has 1 N–H and O–H groups in total. The molecule has 1 unspecified atom stereocenters. The van der Waals surface area contributed by atoms with Gasteiger partial charge in [-0.25, -0.2) is 0 Å². The van der Waals surface area contributed by atoms with E-state index in [1.165, 1.54) is 61.4 Å². The molecular weight excluding hydrogens is 318 g/mol. The van der Waals surface area contributed by atoms with Crippen LogP contribution in [0.4, 0.5) is 0 Å². The fraction of sp³-hybridized carbons (Fsp3) is 0.750. The van der Waals surface area contributed by atoms with Gasteiger partial charge < -0.3 is 5.32 Å². The lowest BCUT2D eigenvalue weighted by Gasteiger charge is -2.17. The Morgan fingerprint density at radius 2 is 1.74 bits per heavy atom. The van der Waals surface area contributed by atoms with Crippen LogP contribution in [0.25, 0.3) is 0 Å². The van der Waals surface area contributed by atoms with Crippen molar-refractivity contribution in [1.29, 1.82) is 0 Å². The van der Waals surface area contributed by atoms with Gasteiger partial charge >= 0.3 is 0 Å². The highest BCUT2D eigenvalue weighted by Crippen LogP contribution is 2.30. The summed E-state index contributed by atoms with van der Waals surface area (Å²) in [6.45, 7) is 5.52. The Hall–Kier alpha value is 0.140. The maximum atomic E-state index is 3.66. The molecule has 0 saturated heterocycles. The first-order valence-electron chi connectivity index (χ1n) is 7.74. The van der Waals surface area contributed by atoms with Crippen molar-refractivity contribution in [1.82, 2.24) is 5.32 Å². The molecule has 0 fully saturated rings. The van der Waals surface area contributed by atoms with Crippen LogP contribution in [-0.2, 0) is 0 Å². The third kappa shape index (κ3) is 6.92. The highest BCUT2D eigenvalue weighted by molar-refractivity contribution is 9.10. The summed E-state index contributed by atoms with van der Waals surface area (Å²) in [7, 11) is 0. The SMILES string of the molecule is CCCCCCCCCC(NCC)c1cscc1Br. The smallest absolute Gasteiger partial charge is 0.0339 e. The first-order valence-corrected chi connectivity index (χ1v) is 9.48. The molecule has 0 aliphatic carbocycles. The van der Waals surface area contributed by atoms with Gasteiger partial charge in [-0.3, -0.25) is 0 Å². The Morgan fingerprint density at radius 3 is 2.32 bits per heavy atom. The van der Waals surface area contributed by atoms with Crippen molar-refractivity contribution in [3.05, 3.63) is 20.8 Å². The summed E-state index contributed by atoms with van der Waals surface area (Å²) < 4.78 is 1.27. The zero-order chi connectivity index (χ0) is 13.9. The van der Waals surface area contributed by atoms with Gasteiger partial charge in [0.05, 0.1) is 0 Å². The zero-order valence-electron chi connectivity index (χ0n) is 12.4. The lowest BCUT2D eigenvalue weighted by molar-refractivity contribution is 0.475. The quantitative estimate of drug-likeness (QED) is 0.464. The maximum Gasteiger partial charge on any atom is 0.0339 e. The molecule has 0 spiro atoms. The van der Waals surface area contributed by atoms with E-state index in [2.05, 4.69) is 45.9 Å². The first-order chi connectivity index (χ1) is 9.29. The van der Waals surface area contributed by atoms with Crippen LogP contribution in [-0.4, -0.2) is 6.54 Å². The minimum Gasteiger partial charge on any atom is -0.310 e. The van der Waals surface area contributed by atoms with Crippen molar-refractivity contribution in [2.45, 2.75) is 71.3 Å². The van der Waals surface area contributed by atoms with E-state index in [-0.39, 0.29) is 0 Å². The van der Waals surface area contributed by atoms with Crippen LogP contribution < -0.4 is 5.32 Å². The topological polar surface area (TPSA) is 12.0 Å². The molecule has 0 radical (unpaired) electrons. The van der Waals surface area contributed by atoms with Crippen LogP contribution in [0.1, 0.15) is 76.8 Å². The second kappa shape index (κ2) is 10.9. The Bertz CT molecular complexity index is 324.